The predicted octanol–water partition coefficient (Wildman–Crippen LogP) is 2.39. The number of benzene rings is 1. The highest BCUT2D eigenvalue weighted by Gasteiger charge is 2.15. The summed E-state index contributed by atoms with van der Waals surface area (Å²) in [6.45, 7) is 0. The Bertz CT molecular complexity index is 671. The van der Waals surface area contributed by atoms with Crippen LogP contribution in [0.15, 0.2) is 36.5 Å². The van der Waals surface area contributed by atoms with E-state index in [0.717, 1.165) is 0 Å². The quantitative estimate of drug-likeness (QED) is 0.754. The van der Waals surface area contributed by atoms with Crippen molar-refractivity contribution in [3.05, 3.63) is 52.8 Å². The molecular formula is C13H9ClN2O4. The molecule has 6 nitrogen and oxygen atoms in total. The maximum atomic E-state index is 11.9. The average molecular weight is 293 g/mol. The smallest absolute Gasteiger partial charge is 0.339 e. The summed E-state index contributed by atoms with van der Waals surface area (Å²) in [6, 6.07) is 6.93. The van der Waals surface area contributed by atoms with Crippen molar-refractivity contribution in [1.82, 2.24) is 4.98 Å². The molecule has 1 heterocycles. The standard InChI is InChI=1S/C13H9ClN2O4/c14-7-4-5-10(15-6-7)12(18)16-9-3-1-2-8(11(9)17)13(19)20/h1-6,17H,(H,16,18)(H,19,20). The van der Waals surface area contributed by atoms with E-state index in [1.807, 2.05) is 0 Å². The molecule has 0 atom stereocenters. The van der Waals surface area contributed by atoms with E-state index in [4.69, 9.17) is 16.7 Å². The van der Waals surface area contributed by atoms with E-state index >= 15 is 0 Å². The Labute approximate surface area is 118 Å². The molecule has 20 heavy (non-hydrogen) atoms. The molecule has 0 saturated carbocycles. The van der Waals surface area contributed by atoms with Crippen LogP contribution in [0, 0.1) is 0 Å². The maximum absolute atomic E-state index is 11.9. The number of hydrogen-bond acceptors (Lipinski definition) is 4. The lowest BCUT2D eigenvalue weighted by Crippen LogP contribution is -2.14. The predicted molar refractivity (Wildman–Crippen MR) is 72.3 cm³/mol. The number of aromatic hydroxyl groups is 1. The molecule has 0 radical (unpaired) electrons. The van der Waals surface area contributed by atoms with Crippen LogP contribution in [0.25, 0.3) is 0 Å². The zero-order valence-electron chi connectivity index (χ0n) is 10.0. The van der Waals surface area contributed by atoms with E-state index in [2.05, 4.69) is 10.3 Å². The van der Waals surface area contributed by atoms with Gasteiger partial charge in [0, 0.05) is 6.20 Å². The summed E-state index contributed by atoms with van der Waals surface area (Å²) in [6.07, 6.45) is 1.31. The van der Waals surface area contributed by atoms with Crippen molar-refractivity contribution in [2.45, 2.75) is 0 Å². The molecular weight excluding hydrogens is 284 g/mol. The number of carboxylic acid groups (broad SMARTS) is 1. The number of hydrogen-bond donors (Lipinski definition) is 3. The van der Waals surface area contributed by atoms with Crippen molar-refractivity contribution in [1.29, 1.82) is 0 Å². The highest BCUT2D eigenvalue weighted by atomic mass is 35.5. The Balaban J connectivity index is 2.26. The number of amides is 1. The molecule has 1 aromatic carbocycles. The van der Waals surface area contributed by atoms with Gasteiger partial charge >= 0.3 is 5.97 Å². The number of carbonyl (C=O) groups is 2. The van der Waals surface area contributed by atoms with Crippen LogP contribution >= 0.6 is 11.6 Å². The minimum absolute atomic E-state index is 0.00773. The zero-order chi connectivity index (χ0) is 14.7. The largest absolute Gasteiger partial charge is 0.505 e. The van der Waals surface area contributed by atoms with Crippen molar-refractivity contribution in [3.8, 4) is 5.75 Å². The van der Waals surface area contributed by atoms with Gasteiger partial charge in [-0.1, -0.05) is 17.7 Å². The molecule has 0 unspecified atom stereocenters. The normalized spacial score (nSPS) is 10.1. The molecule has 7 heteroatoms. The van der Waals surface area contributed by atoms with Gasteiger partial charge in [0.2, 0.25) is 0 Å². The number of nitrogens with one attached hydrogen (secondary N) is 1. The van der Waals surface area contributed by atoms with E-state index in [-0.39, 0.29) is 16.9 Å². The van der Waals surface area contributed by atoms with Crippen LogP contribution in [0.2, 0.25) is 5.02 Å². The summed E-state index contributed by atoms with van der Waals surface area (Å²) >= 11 is 5.66. The van der Waals surface area contributed by atoms with E-state index in [0.29, 0.717) is 5.02 Å². The molecule has 0 aliphatic carbocycles. The molecule has 1 amide bonds. The minimum atomic E-state index is -1.29. The molecule has 0 aliphatic heterocycles. The zero-order valence-corrected chi connectivity index (χ0v) is 10.8. The van der Waals surface area contributed by atoms with E-state index in [9.17, 15) is 14.7 Å². The first kappa shape index (κ1) is 13.8. The number of para-hydroxylation sites is 1. The first-order valence-corrected chi connectivity index (χ1v) is 5.85. The molecule has 0 aliphatic rings. The Kier molecular flexibility index (Phi) is 3.86. The van der Waals surface area contributed by atoms with Gasteiger partial charge < -0.3 is 15.5 Å². The summed E-state index contributed by atoms with van der Waals surface area (Å²) in [7, 11) is 0. The fourth-order valence-electron chi connectivity index (χ4n) is 1.51. The summed E-state index contributed by atoms with van der Waals surface area (Å²) in [4.78, 5) is 26.6. The lowest BCUT2D eigenvalue weighted by Gasteiger charge is -2.08. The van der Waals surface area contributed by atoms with Gasteiger partial charge in [0.15, 0.2) is 5.75 Å². The van der Waals surface area contributed by atoms with Gasteiger partial charge in [-0.05, 0) is 24.3 Å². The number of pyridine rings is 1. The van der Waals surface area contributed by atoms with E-state index in [1.54, 1.807) is 0 Å². The molecule has 2 aromatic rings. The van der Waals surface area contributed by atoms with Crippen LogP contribution in [0.1, 0.15) is 20.8 Å². The molecule has 2 rings (SSSR count). The summed E-state index contributed by atoms with van der Waals surface area (Å²) in [5, 5.41) is 21.4. The number of carbonyl (C=O) groups excluding carboxylic acids is 1. The monoisotopic (exact) mass is 292 g/mol. The number of aromatic nitrogens is 1. The van der Waals surface area contributed by atoms with Gasteiger partial charge in [0.05, 0.1) is 10.7 Å². The number of halogens is 1. The highest BCUT2D eigenvalue weighted by molar-refractivity contribution is 6.30. The second kappa shape index (κ2) is 5.58. The van der Waals surface area contributed by atoms with Crippen molar-refractivity contribution in [2.75, 3.05) is 5.32 Å². The first-order valence-electron chi connectivity index (χ1n) is 5.47. The Morgan fingerprint density at radius 1 is 1.20 bits per heavy atom. The summed E-state index contributed by atoms with van der Waals surface area (Å²) in [5.74, 6) is -2.38. The Morgan fingerprint density at radius 3 is 2.55 bits per heavy atom. The van der Waals surface area contributed by atoms with Gasteiger partial charge in [-0.15, -0.1) is 0 Å². The van der Waals surface area contributed by atoms with Crippen molar-refractivity contribution in [3.63, 3.8) is 0 Å². The third-order valence-electron chi connectivity index (χ3n) is 2.47. The number of phenols is 1. The topological polar surface area (TPSA) is 99.5 Å². The van der Waals surface area contributed by atoms with Crippen molar-refractivity contribution >= 4 is 29.2 Å². The van der Waals surface area contributed by atoms with Crippen LogP contribution in [-0.4, -0.2) is 27.1 Å². The first-order chi connectivity index (χ1) is 9.49. The van der Waals surface area contributed by atoms with Crippen LogP contribution in [-0.2, 0) is 0 Å². The Morgan fingerprint density at radius 2 is 1.95 bits per heavy atom. The van der Waals surface area contributed by atoms with Crippen LogP contribution in [0.3, 0.4) is 0 Å². The van der Waals surface area contributed by atoms with Gasteiger partial charge in [0.25, 0.3) is 5.91 Å². The van der Waals surface area contributed by atoms with Crippen LogP contribution < -0.4 is 5.32 Å². The van der Waals surface area contributed by atoms with E-state index < -0.39 is 17.6 Å². The summed E-state index contributed by atoms with van der Waals surface area (Å²) in [5.41, 5.74) is -0.215. The third kappa shape index (κ3) is 2.86. The number of carboxylic acids is 1. The third-order valence-corrected chi connectivity index (χ3v) is 2.70. The molecule has 0 bridgehead atoms. The number of nitrogens with zero attached hydrogens (tertiary/aromatic N) is 1. The number of aromatic carboxylic acids is 1. The van der Waals surface area contributed by atoms with Gasteiger partial charge in [-0.2, -0.15) is 0 Å². The SMILES string of the molecule is O=C(Nc1cccc(C(=O)O)c1O)c1ccc(Cl)cn1. The molecule has 3 N–H and O–H groups in total. The van der Waals surface area contributed by atoms with Crippen molar-refractivity contribution in [2.24, 2.45) is 0 Å². The van der Waals surface area contributed by atoms with Crippen LogP contribution in [0.4, 0.5) is 5.69 Å². The second-order valence-electron chi connectivity index (χ2n) is 3.82. The average Bonchev–Trinajstić information content (AvgIpc) is 2.41. The van der Waals surface area contributed by atoms with Crippen LogP contribution in [0.5, 0.6) is 5.75 Å². The van der Waals surface area contributed by atoms with E-state index in [1.165, 1.54) is 36.5 Å². The highest BCUT2D eigenvalue weighted by Crippen LogP contribution is 2.27. The summed E-state index contributed by atoms with van der Waals surface area (Å²) < 4.78 is 0. The van der Waals surface area contributed by atoms with Gasteiger partial charge in [-0.3, -0.25) is 4.79 Å². The second-order valence-corrected chi connectivity index (χ2v) is 4.26. The fourth-order valence-corrected chi connectivity index (χ4v) is 1.63. The fraction of sp³-hybridized carbons (Fsp3) is 0. The van der Waals surface area contributed by atoms with Gasteiger partial charge in [0.1, 0.15) is 11.3 Å². The van der Waals surface area contributed by atoms with Gasteiger partial charge in [-0.25, -0.2) is 9.78 Å². The Hall–Kier alpha value is -2.60. The molecule has 0 spiro atoms. The lowest BCUT2D eigenvalue weighted by atomic mass is 10.1. The lowest BCUT2D eigenvalue weighted by molar-refractivity contribution is 0.0693. The molecule has 0 saturated heterocycles. The minimum Gasteiger partial charge on any atom is -0.505 e. The number of rotatable bonds is 3. The maximum Gasteiger partial charge on any atom is 0.339 e. The number of anilines is 1. The molecule has 0 fully saturated rings. The molecule has 1 aromatic heterocycles. The van der Waals surface area contributed by atoms with Crippen molar-refractivity contribution < 1.29 is 19.8 Å². The molecule has 102 valence electrons.